The molecule has 0 aliphatic rings. The molecule has 0 spiro atoms. The zero-order valence-electron chi connectivity index (χ0n) is 15.0. The van der Waals surface area contributed by atoms with Crippen molar-refractivity contribution in [3.63, 3.8) is 0 Å². The summed E-state index contributed by atoms with van der Waals surface area (Å²) in [5.41, 5.74) is 3.64. The first-order valence-electron chi connectivity index (χ1n) is 8.60. The highest BCUT2D eigenvalue weighted by molar-refractivity contribution is 6.03. The van der Waals surface area contributed by atoms with Crippen molar-refractivity contribution in [1.82, 2.24) is 20.2 Å². The molecule has 0 unspecified atom stereocenters. The first-order valence-corrected chi connectivity index (χ1v) is 8.60. The average Bonchev–Trinajstić information content (AvgIpc) is 3.14. The van der Waals surface area contributed by atoms with E-state index in [2.05, 4.69) is 20.2 Å². The number of hydrogen-bond acceptors (Lipinski definition) is 4. The lowest BCUT2D eigenvalue weighted by Gasteiger charge is -2.20. The smallest absolute Gasteiger partial charge is 0.229 e. The first kappa shape index (κ1) is 17.5. The van der Waals surface area contributed by atoms with Crippen LogP contribution < -0.4 is 4.90 Å². The molecule has 6 nitrogen and oxygen atoms in total. The van der Waals surface area contributed by atoms with Crippen molar-refractivity contribution in [2.75, 3.05) is 4.90 Å². The van der Waals surface area contributed by atoms with Crippen molar-refractivity contribution in [2.45, 2.75) is 6.92 Å². The number of aromatic nitrogens is 4. The van der Waals surface area contributed by atoms with Crippen LogP contribution in [0.15, 0.2) is 73.3 Å². The predicted octanol–water partition coefficient (Wildman–Crippen LogP) is 4.36. The van der Waals surface area contributed by atoms with Crippen LogP contribution >= 0.6 is 0 Å². The van der Waals surface area contributed by atoms with Gasteiger partial charge in [-0.3, -0.25) is 24.8 Å². The van der Waals surface area contributed by atoms with E-state index in [-0.39, 0.29) is 11.7 Å². The molecule has 0 radical (unpaired) electrons. The topological polar surface area (TPSA) is 74.8 Å². The van der Waals surface area contributed by atoms with Crippen molar-refractivity contribution in [2.24, 2.45) is 0 Å². The molecular formula is C21H16FN5O. The van der Waals surface area contributed by atoms with Gasteiger partial charge in [-0.2, -0.15) is 5.10 Å². The average molecular weight is 373 g/mol. The van der Waals surface area contributed by atoms with Gasteiger partial charge in [0, 0.05) is 37.3 Å². The van der Waals surface area contributed by atoms with Crippen molar-refractivity contribution < 1.29 is 9.18 Å². The third-order valence-corrected chi connectivity index (χ3v) is 4.30. The van der Waals surface area contributed by atoms with Gasteiger partial charge in [-0.05, 0) is 54.1 Å². The second-order valence-corrected chi connectivity index (χ2v) is 6.10. The number of amides is 1. The Hall–Kier alpha value is -3.87. The van der Waals surface area contributed by atoms with Crippen LogP contribution in [-0.4, -0.2) is 26.1 Å². The van der Waals surface area contributed by atoms with Crippen LogP contribution in [-0.2, 0) is 4.79 Å². The molecule has 1 N–H and O–H groups in total. The molecule has 3 aromatic heterocycles. The molecule has 4 aromatic rings. The molecule has 0 atom stereocenters. The lowest BCUT2D eigenvalue weighted by molar-refractivity contribution is -0.115. The largest absolute Gasteiger partial charge is 0.275 e. The monoisotopic (exact) mass is 373 g/mol. The number of carbonyl (C=O) groups is 1. The molecule has 0 saturated carbocycles. The Balaban J connectivity index is 1.95. The Morgan fingerprint density at radius 2 is 1.50 bits per heavy atom. The second-order valence-electron chi connectivity index (χ2n) is 6.10. The van der Waals surface area contributed by atoms with E-state index in [0.717, 1.165) is 16.7 Å². The minimum absolute atomic E-state index is 0.196. The molecule has 0 aliphatic heterocycles. The molecular weight excluding hydrogens is 357 g/mol. The Morgan fingerprint density at radius 1 is 0.893 bits per heavy atom. The summed E-state index contributed by atoms with van der Waals surface area (Å²) in [5.74, 6) is -0.0704. The third kappa shape index (κ3) is 3.25. The molecule has 138 valence electrons. The second kappa shape index (κ2) is 7.40. The molecule has 4 rings (SSSR count). The van der Waals surface area contributed by atoms with Gasteiger partial charge in [0.1, 0.15) is 5.82 Å². The quantitative estimate of drug-likeness (QED) is 0.577. The number of nitrogens with zero attached hydrogens (tertiary/aromatic N) is 4. The normalized spacial score (nSPS) is 10.6. The fourth-order valence-electron chi connectivity index (χ4n) is 3.06. The van der Waals surface area contributed by atoms with Gasteiger partial charge in [0.05, 0.1) is 16.9 Å². The summed E-state index contributed by atoms with van der Waals surface area (Å²) in [6.45, 7) is 1.48. The van der Waals surface area contributed by atoms with Crippen molar-refractivity contribution in [3.8, 4) is 22.4 Å². The Bertz CT molecular complexity index is 1090. The summed E-state index contributed by atoms with van der Waals surface area (Å²) in [5, 5.41) is 7.45. The van der Waals surface area contributed by atoms with E-state index in [0.29, 0.717) is 17.2 Å². The molecule has 0 fully saturated rings. The Kier molecular flexibility index (Phi) is 4.63. The highest BCUT2D eigenvalue weighted by atomic mass is 19.1. The summed E-state index contributed by atoms with van der Waals surface area (Å²) >= 11 is 0. The number of pyridine rings is 2. The van der Waals surface area contributed by atoms with Crippen LogP contribution in [0, 0.1) is 5.82 Å². The van der Waals surface area contributed by atoms with Crippen LogP contribution in [0.4, 0.5) is 15.9 Å². The number of rotatable bonds is 4. The third-order valence-electron chi connectivity index (χ3n) is 4.30. The highest BCUT2D eigenvalue weighted by Crippen LogP contribution is 2.40. The summed E-state index contributed by atoms with van der Waals surface area (Å²) in [6, 6.07) is 13.3. The maximum Gasteiger partial charge on any atom is 0.229 e. The van der Waals surface area contributed by atoms with Gasteiger partial charge < -0.3 is 0 Å². The molecule has 0 aliphatic carbocycles. The van der Waals surface area contributed by atoms with Gasteiger partial charge in [-0.25, -0.2) is 4.39 Å². The first-order chi connectivity index (χ1) is 13.6. The molecule has 7 heteroatoms. The van der Waals surface area contributed by atoms with Crippen LogP contribution in [0.1, 0.15) is 6.92 Å². The maximum absolute atomic E-state index is 13.4. The van der Waals surface area contributed by atoms with Crippen molar-refractivity contribution in [3.05, 3.63) is 79.1 Å². The van der Waals surface area contributed by atoms with E-state index < -0.39 is 0 Å². The zero-order valence-corrected chi connectivity index (χ0v) is 15.0. The number of anilines is 2. The van der Waals surface area contributed by atoms with E-state index in [1.807, 2.05) is 12.1 Å². The molecule has 0 saturated heterocycles. The van der Waals surface area contributed by atoms with Crippen molar-refractivity contribution >= 4 is 17.4 Å². The summed E-state index contributed by atoms with van der Waals surface area (Å²) in [4.78, 5) is 22.1. The van der Waals surface area contributed by atoms with Gasteiger partial charge in [-0.15, -0.1) is 0 Å². The van der Waals surface area contributed by atoms with E-state index in [9.17, 15) is 9.18 Å². The summed E-state index contributed by atoms with van der Waals surface area (Å²) < 4.78 is 13.4. The minimum Gasteiger partial charge on any atom is -0.275 e. The van der Waals surface area contributed by atoms with Gasteiger partial charge >= 0.3 is 0 Å². The van der Waals surface area contributed by atoms with Crippen molar-refractivity contribution in [1.29, 1.82) is 0 Å². The lowest BCUT2D eigenvalue weighted by Crippen LogP contribution is -2.23. The maximum atomic E-state index is 13.4. The standard InChI is InChI=1S/C21H16FN5O/c1-14(28)27(18-8-12-24-13-9-18)21-19(15-6-10-23-11-7-15)20(25-26-21)16-2-4-17(22)5-3-16/h2-13H,1H3,(H,25,26). The predicted molar refractivity (Wildman–Crippen MR) is 104 cm³/mol. The van der Waals surface area contributed by atoms with Crippen LogP contribution in [0.5, 0.6) is 0 Å². The van der Waals surface area contributed by atoms with E-state index in [1.54, 1.807) is 49.1 Å². The number of H-pyrrole nitrogens is 1. The minimum atomic E-state index is -0.323. The fourth-order valence-corrected chi connectivity index (χ4v) is 3.06. The number of nitrogens with one attached hydrogen (secondary N) is 1. The summed E-state index contributed by atoms with van der Waals surface area (Å²) in [6.07, 6.45) is 6.58. The van der Waals surface area contributed by atoms with Gasteiger partial charge in [0.15, 0.2) is 5.82 Å². The van der Waals surface area contributed by atoms with Crippen LogP contribution in [0.3, 0.4) is 0 Å². The number of benzene rings is 1. The van der Waals surface area contributed by atoms with Gasteiger partial charge in [0.2, 0.25) is 5.91 Å². The number of aromatic amines is 1. The van der Waals surface area contributed by atoms with Crippen LogP contribution in [0.25, 0.3) is 22.4 Å². The van der Waals surface area contributed by atoms with E-state index in [1.165, 1.54) is 24.0 Å². The SMILES string of the molecule is CC(=O)N(c1ccncc1)c1n[nH]c(-c2ccc(F)cc2)c1-c1ccncc1. The summed E-state index contributed by atoms with van der Waals surface area (Å²) in [7, 11) is 0. The molecule has 3 heterocycles. The number of halogens is 1. The fraction of sp³-hybridized carbons (Fsp3) is 0.0476. The molecule has 1 aromatic carbocycles. The van der Waals surface area contributed by atoms with Crippen LogP contribution in [0.2, 0.25) is 0 Å². The van der Waals surface area contributed by atoms with Gasteiger partial charge in [-0.1, -0.05) is 0 Å². The zero-order chi connectivity index (χ0) is 19.5. The Labute approximate surface area is 160 Å². The number of carbonyl (C=O) groups excluding carboxylic acids is 1. The molecule has 1 amide bonds. The highest BCUT2D eigenvalue weighted by Gasteiger charge is 2.25. The Morgan fingerprint density at radius 3 is 2.11 bits per heavy atom. The number of hydrogen-bond donors (Lipinski definition) is 1. The van der Waals surface area contributed by atoms with E-state index >= 15 is 0 Å². The van der Waals surface area contributed by atoms with Gasteiger partial charge in [0.25, 0.3) is 0 Å². The lowest BCUT2D eigenvalue weighted by atomic mass is 10.0. The molecule has 28 heavy (non-hydrogen) atoms. The molecule has 0 bridgehead atoms. The van der Waals surface area contributed by atoms with E-state index in [4.69, 9.17) is 0 Å².